The van der Waals surface area contributed by atoms with Crippen LogP contribution >= 0.6 is 0 Å². The Balaban J connectivity index is 0.000000285. The number of benzene rings is 4. The SMILES string of the molecule is CCCCOc1cccc2ccc(C=N[C@@H]3CCCC[C@H]3N=Cc3ccc4cccc(OCCCC)c4n3)nc12.CCCCOc1cccc2ccc(C=N[C@@H]3CCCC[C@H]3N=Cc3ccc4cccc(OCCCC)c4n3)nc12.[Cu+].[Cu+].[O-][Cl+3]([O-])([O-])[O-].[O-][Cl+3]([O-])([O-])[O-]. The zero-order chi connectivity index (χ0) is 64.1. The van der Waals surface area contributed by atoms with Crippen molar-refractivity contribution in [3.8, 4) is 23.0 Å². The molecule has 0 amide bonds. The molecule has 4 aromatic carbocycles. The van der Waals surface area contributed by atoms with Crippen LogP contribution in [-0.2, 0) is 34.1 Å². The van der Waals surface area contributed by atoms with Crippen LogP contribution in [-0.4, -0.2) is 95.4 Å². The van der Waals surface area contributed by atoms with Crippen LogP contribution in [0.5, 0.6) is 23.0 Å². The first-order valence-electron chi connectivity index (χ1n) is 31.0. The van der Waals surface area contributed by atoms with Crippen LogP contribution < -0.4 is 56.2 Å². The number of fused-ring (bicyclic) bond motifs is 4. The molecule has 2 saturated carbocycles. The van der Waals surface area contributed by atoms with Crippen LogP contribution in [0.4, 0.5) is 0 Å². The van der Waals surface area contributed by atoms with Gasteiger partial charge in [0.15, 0.2) is 0 Å². The Kier molecular flexibility index (Phi) is 33.3. The van der Waals surface area contributed by atoms with E-state index in [1.54, 1.807) is 0 Å². The van der Waals surface area contributed by atoms with Crippen molar-refractivity contribution in [2.24, 2.45) is 20.0 Å². The van der Waals surface area contributed by atoms with Crippen molar-refractivity contribution < 1.29 is 111 Å². The molecule has 92 heavy (non-hydrogen) atoms. The van der Waals surface area contributed by atoms with Crippen LogP contribution in [0.15, 0.2) is 141 Å². The summed E-state index contributed by atoms with van der Waals surface area (Å²) in [5, 5.41) is 4.31. The van der Waals surface area contributed by atoms with E-state index in [9.17, 15) is 0 Å². The molecule has 4 atom stereocenters. The molecule has 4 aromatic heterocycles. The van der Waals surface area contributed by atoms with Gasteiger partial charge in [-0.2, -0.15) is 0 Å². The van der Waals surface area contributed by atoms with Gasteiger partial charge in [0.05, 0.1) is 73.4 Å². The minimum atomic E-state index is -4.94. The van der Waals surface area contributed by atoms with Gasteiger partial charge >= 0.3 is 34.1 Å². The van der Waals surface area contributed by atoms with E-state index in [0.29, 0.717) is 26.4 Å². The van der Waals surface area contributed by atoms with Gasteiger partial charge < -0.3 is 18.9 Å². The molecule has 0 saturated heterocycles. The second kappa shape index (κ2) is 40.1. The molecule has 2 fully saturated rings. The molecule has 2 aliphatic carbocycles. The Morgan fingerprint density at radius 2 is 0.554 bits per heavy atom. The van der Waals surface area contributed by atoms with Crippen molar-refractivity contribution in [3.63, 3.8) is 0 Å². The molecule has 0 radical (unpaired) electrons. The van der Waals surface area contributed by atoms with Gasteiger partial charge in [0.25, 0.3) is 0 Å². The van der Waals surface area contributed by atoms with Gasteiger partial charge in [-0.25, -0.2) is 57.2 Å². The summed E-state index contributed by atoms with van der Waals surface area (Å²) in [7, 11) is -9.89. The molecule has 4 heterocycles. The summed E-state index contributed by atoms with van der Waals surface area (Å²) in [6.45, 7) is 11.5. The third-order valence-corrected chi connectivity index (χ3v) is 14.8. The smallest absolute Gasteiger partial charge is 0.491 e. The molecule has 0 aliphatic heterocycles. The number of para-hydroxylation sites is 4. The quantitative estimate of drug-likeness (QED) is 0.0356. The van der Waals surface area contributed by atoms with E-state index in [1.807, 2.05) is 97.7 Å². The summed E-state index contributed by atoms with van der Waals surface area (Å²) in [4.78, 5) is 39.5. The molecule has 0 unspecified atom stereocenters. The number of rotatable bonds is 24. The third-order valence-electron chi connectivity index (χ3n) is 14.8. The van der Waals surface area contributed by atoms with Crippen molar-refractivity contribution in [3.05, 3.63) is 144 Å². The van der Waals surface area contributed by atoms with Crippen LogP contribution in [0.25, 0.3) is 43.6 Å². The molecule has 500 valence electrons. The van der Waals surface area contributed by atoms with Gasteiger partial charge in [-0.3, -0.25) is 20.0 Å². The number of unbranched alkanes of at least 4 members (excludes halogenated alkanes) is 4. The van der Waals surface area contributed by atoms with Gasteiger partial charge in [-0.05, 0) is 99.9 Å². The minimum Gasteiger partial charge on any atom is -0.491 e. The average molecular weight is 1400 g/mol. The number of aromatic nitrogens is 4. The number of hydrogen-bond acceptors (Lipinski definition) is 20. The van der Waals surface area contributed by atoms with Gasteiger partial charge in [-0.15, -0.1) is 20.5 Å². The number of aliphatic imine (C=N–C) groups is 4. The number of nitrogens with zero attached hydrogens (tertiary/aromatic N) is 8. The molecule has 8 aromatic rings. The van der Waals surface area contributed by atoms with E-state index >= 15 is 0 Å². The predicted octanol–water partition coefficient (Wildman–Crippen LogP) is 6.46. The molecule has 0 N–H and O–H groups in total. The summed E-state index contributed by atoms with van der Waals surface area (Å²) in [6, 6.07) is 41.4. The van der Waals surface area contributed by atoms with Crippen LogP contribution in [0.1, 0.15) is 153 Å². The topological polar surface area (TPSA) is 322 Å². The fourth-order valence-electron chi connectivity index (χ4n) is 10.2. The van der Waals surface area contributed by atoms with E-state index in [1.165, 1.54) is 25.7 Å². The predicted molar refractivity (Wildman–Crippen MR) is 331 cm³/mol. The van der Waals surface area contributed by atoms with Gasteiger partial charge in [0.2, 0.25) is 0 Å². The Morgan fingerprint density at radius 1 is 0.348 bits per heavy atom. The molecule has 20 nitrogen and oxygen atoms in total. The van der Waals surface area contributed by atoms with E-state index in [-0.39, 0.29) is 58.3 Å². The van der Waals surface area contributed by atoms with Crippen LogP contribution in [0.3, 0.4) is 0 Å². The Bertz CT molecular complexity index is 3170. The first-order valence-corrected chi connectivity index (χ1v) is 33.4. The van der Waals surface area contributed by atoms with E-state index < -0.39 is 20.5 Å². The maximum absolute atomic E-state index is 8.49. The summed E-state index contributed by atoms with van der Waals surface area (Å²) >= 11 is 0. The number of ether oxygens (including phenoxy) is 4. The van der Waals surface area contributed by atoms with Crippen LogP contribution in [0, 0.1) is 20.5 Å². The van der Waals surface area contributed by atoms with Crippen molar-refractivity contribution >= 4 is 68.5 Å². The zero-order valence-electron chi connectivity index (χ0n) is 52.1. The van der Waals surface area contributed by atoms with E-state index in [4.69, 9.17) is 96.1 Å². The largest absolute Gasteiger partial charge is 1.00 e. The van der Waals surface area contributed by atoms with E-state index in [2.05, 4.69) is 76.2 Å². The number of pyridine rings is 4. The molecule has 2 aliphatic rings. The standard InChI is InChI=1S/2C34H40N4O2.2ClHO4.2Cu/c2*1-3-5-21-39-31-15-9-11-25-17-19-27(37-33(25)31)23-35-29-13-7-8-14-30(29)36-24-28-20-18-26-12-10-16-32(34(26)38-28)40-22-6-4-2;2*2-1(3,4)5;;/h2*9-12,15-20,23-24,29-30H,3-8,13-14,21-22H2,1-2H3;2*(H,2,3,4,5);;/q;;;;2*+1/p-2/t2*29-,30-;;;;/m11..../s1. The Hall–Kier alpha value is -6.30. The zero-order valence-corrected chi connectivity index (χ0v) is 55.5. The van der Waals surface area contributed by atoms with Crippen molar-refractivity contribution in [2.45, 2.75) is 155 Å². The summed E-state index contributed by atoms with van der Waals surface area (Å²) < 4.78 is 92.0. The van der Waals surface area contributed by atoms with E-state index in [0.717, 1.165) is 166 Å². The molecule has 24 heteroatoms. The minimum absolute atomic E-state index is 0. The molecule has 0 spiro atoms. The molecule has 0 bridgehead atoms. The van der Waals surface area contributed by atoms with Gasteiger partial charge in [0.1, 0.15) is 45.1 Å². The van der Waals surface area contributed by atoms with Crippen molar-refractivity contribution in [2.75, 3.05) is 26.4 Å². The molecular formula is C68H80Cl2Cu2N8O12. The Morgan fingerprint density at radius 3 is 0.750 bits per heavy atom. The average Bonchev–Trinajstić information content (AvgIpc) is 0.913. The van der Waals surface area contributed by atoms with Crippen molar-refractivity contribution in [1.29, 1.82) is 0 Å². The third kappa shape index (κ3) is 26.2. The van der Waals surface area contributed by atoms with Gasteiger partial charge in [0, 0.05) is 46.4 Å². The normalized spacial score (nSPS) is 16.7. The Labute approximate surface area is 563 Å². The monoisotopic (exact) mass is 1400 g/mol. The fraction of sp³-hybridized carbons (Fsp3) is 0.412. The number of hydrogen-bond donors (Lipinski definition) is 0. The molecule has 10 rings (SSSR count). The maximum Gasteiger partial charge on any atom is 1.00 e. The maximum atomic E-state index is 8.49. The molecular weight excluding hydrogens is 1320 g/mol. The summed E-state index contributed by atoms with van der Waals surface area (Å²) in [5.74, 6) is 3.34. The second-order valence-electron chi connectivity index (χ2n) is 21.8. The summed E-state index contributed by atoms with van der Waals surface area (Å²) in [6.07, 6.45) is 25.0. The fourth-order valence-corrected chi connectivity index (χ4v) is 10.2. The van der Waals surface area contributed by atoms with Crippen molar-refractivity contribution in [1.82, 2.24) is 19.9 Å². The summed E-state index contributed by atoms with van der Waals surface area (Å²) in [5.41, 5.74) is 6.95. The number of halogens is 2. The first kappa shape index (κ1) is 76.4. The van der Waals surface area contributed by atoms with Gasteiger partial charge in [-0.1, -0.05) is 152 Å². The van der Waals surface area contributed by atoms with Crippen LogP contribution in [0.2, 0.25) is 0 Å². The first-order chi connectivity index (χ1) is 43.5. The second-order valence-corrected chi connectivity index (χ2v) is 23.3.